The fourth-order valence-electron chi connectivity index (χ4n) is 2.55. The first kappa shape index (κ1) is 12.3. The zero-order chi connectivity index (χ0) is 12.3. The quantitative estimate of drug-likeness (QED) is 0.705. The van der Waals surface area contributed by atoms with Crippen LogP contribution in [0.2, 0.25) is 0 Å². The highest BCUT2D eigenvalue weighted by Gasteiger charge is 2.19. The molecule has 0 aliphatic carbocycles. The molecule has 1 unspecified atom stereocenters. The molecule has 1 heterocycles. The number of rotatable bonds is 2. The first-order valence-corrected chi connectivity index (χ1v) is 6.28. The van der Waals surface area contributed by atoms with Crippen molar-refractivity contribution in [2.24, 2.45) is 5.92 Å². The highest BCUT2D eigenvalue weighted by molar-refractivity contribution is 5.17. The van der Waals surface area contributed by atoms with Crippen LogP contribution >= 0.6 is 0 Å². The van der Waals surface area contributed by atoms with Crippen LogP contribution in [0, 0.1) is 11.7 Å². The molecule has 1 fully saturated rings. The largest absolute Gasteiger partial charge is 0.295 e. The van der Waals surface area contributed by atoms with Gasteiger partial charge < -0.3 is 0 Å². The molecule has 1 aliphatic heterocycles. The lowest BCUT2D eigenvalue weighted by Gasteiger charge is -2.32. The number of likely N-dealkylation sites (tertiary alicyclic amines) is 1. The molecule has 1 aromatic rings. The fourth-order valence-corrected chi connectivity index (χ4v) is 2.55. The molecule has 1 aromatic carbocycles. The lowest BCUT2D eigenvalue weighted by molar-refractivity contribution is 0.213. The van der Waals surface area contributed by atoms with Crippen molar-refractivity contribution in [2.75, 3.05) is 13.1 Å². The van der Waals surface area contributed by atoms with E-state index in [1.54, 1.807) is 12.1 Å². The van der Waals surface area contributed by atoms with E-state index in [1.807, 2.05) is 12.1 Å². The lowest BCUT2D eigenvalue weighted by Crippen LogP contribution is -2.35. The Morgan fingerprint density at radius 2 is 2.06 bits per heavy atom. The molecule has 17 heavy (non-hydrogen) atoms. The van der Waals surface area contributed by atoms with Crippen LogP contribution in [0.4, 0.5) is 4.39 Å². The summed E-state index contributed by atoms with van der Waals surface area (Å²) in [5.41, 5.74) is 2.71. The number of nitrogens with zero attached hydrogens (tertiary/aromatic N) is 1. The van der Waals surface area contributed by atoms with Gasteiger partial charge in [-0.25, -0.2) is 4.39 Å². The summed E-state index contributed by atoms with van der Waals surface area (Å²) in [4.78, 5) is 2.44. The van der Waals surface area contributed by atoms with E-state index in [0.29, 0.717) is 0 Å². The van der Waals surface area contributed by atoms with Gasteiger partial charge in [-0.2, -0.15) is 0 Å². The minimum absolute atomic E-state index is 0.157. The fraction of sp³-hybridized carbons (Fsp3) is 0.467. The maximum absolute atomic E-state index is 12.8. The Bertz CT molecular complexity index is 394. The highest BCUT2D eigenvalue weighted by Crippen LogP contribution is 2.22. The number of hydrogen-bond acceptors (Lipinski definition) is 1. The molecule has 0 aromatic heterocycles. The van der Waals surface area contributed by atoms with Gasteiger partial charge >= 0.3 is 0 Å². The van der Waals surface area contributed by atoms with Crippen LogP contribution in [0.15, 0.2) is 35.9 Å². The van der Waals surface area contributed by atoms with Gasteiger partial charge in [-0.15, -0.1) is 0 Å². The summed E-state index contributed by atoms with van der Waals surface area (Å²) in [6.45, 7) is 7.51. The third kappa shape index (κ3) is 3.40. The van der Waals surface area contributed by atoms with Crippen LogP contribution in [0.25, 0.3) is 0 Å². The van der Waals surface area contributed by atoms with Crippen molar-refractivity contribution >= 4 is 0 Å². The number of allylic oxidation sites excluding steroid dienone is 1. The van der Waals surface area contributed by atoms with Crippen LogP contribution < -0.4 is 0 Å². The van der Waals surface area contributed by atoms with Crippen LogP contribution in [0.5, 0.6) is 0 Å². The maximum Gasteiger partial charge on any atom is 0.123 e. The van der Waals surface area contributed by atoms with Crippen LogP contribution in [-0.2, 0) is 6.54 Å². The van der Waals surface area contributed by atoms with Gasteiger partial charge in [0.05, 0.1) is 0 Å². The molecule has 1 aliphatic rings. The molecular weight excluding hydrogens is 213 g/mol. The van der Waals surface area contributed by atoms with Crippen molar-refractivity contribution in [3.63, 3.8) is 0 Å². The van der Waals surface area contributed by atoms with Crippen molar-refractivity contribution in [1.29, 1.82) is 0 Å². The van der Waals surface area contributed by atoms with Gasteiger partial charge in [0.15, 0.2) is 0 Å². The maximum atomic E-state index is 12.8. The molecular formula is C15H20FN. The SMILES string of the molecule is C/C=C1\CC(C)CN(Cc2ccc(F)cc2)C1. The summed E-state index contributed by atoms with van der Waals surface area (Å²) in [5, 5.41) is 0. The second kappa shape index (κ2) is 5.46. The zero-order valence-electron chi connectivity index (χ0n) is 10.6. The molecule has 92 valence electrons. The molecule has 0 spiro atoms. The summed E-state index contributed by atoms with van der Waals surface area (Å²) < 4.78 is 12.8. The molecule has 0 radical (unpaired) electrons. The molecule has 1 nitrogen and oxygen atoms in total. The highest BCUT2D eigenvalue weighted by atomic mass is 19.1. The van der Waals surface area contributed by atoms with Crippen LogP contribution in [-0.4, -0.2) is 18.0 Å². The number of benzene rings is 1. The second-order valence-electron chi connectivity index (χ2n) is 5.05. The van der Waals surface area contributed by atoms with Crippen LogP contribution in [0.3, 0.4) is 0 Å². The van der Waals surface area contributed by atoms with Crippen molar-refractivity contribution < 1.29 is 4.39 Å². The molecule has 1 saturated heterocycles. The summed E-state index contributed by atoms with van der Waals surface area (Å²) in [5.74, 6) is 0.560. The van der Waals surface area contributed by atoms with E-state index in [2.05, 4.69) is 24.8 Å². The number of halogens is 1. The first-order chi connectivity index (χ1) is 8.17. The summed E-state index contributed by atoms with van der Waals surface area (Å²) in [7, 11) is 0. The molecule has 0 N–H and O–H groups in total. The minimum Gasteiger partial charge on any atom is -0.295 e. The van der Waals surface area contributed by atoms with E-state index >= 15 is 0 Å². The van der Waals surface area contributed by atoms with Crippen molar-refractivity contribution in [3.05, 3.63) is 47.3 Å². The van der Waals surface area contributed by atoms with Crippen LogP contribution in [0.1, 0.15) is 25.8 Å². The van der Waals surface area contributed by atoms with Gasteiger partial charge in [-0.3, -0.25) is 4.90 Å². The smallest absolute Gasteiger partial charge is 0.123 e. The third-order valence-corrected chi connectivity index (χ3v) is 3.33. The van der Waals surface area contributed by atoms with Gasteiger partial charge in [-0.05, 0) is 37.0 Å². The molecule has 2 rings (SSSR count). The van der Waals surface area contributed by atoms with Gasteiger partial charge in [0.25, 0.3) is 0 Å². The average molecular weight is 233 g/mol. The van der Waals surface area contributed by atoms with Crippen molar-refractivity contribution in [2.45, 2.75) is 26.8 Å². The normalized spacial score (nSPS) is 24.2. The average Bonchev–Trinajstić information content (AvgIpc) is 2.31. The Morgan fingerprint density at radius 1 is 1.35 bits per heavy atom. The first-order valence-electron chi connectivity index (χ1n) is 6.28. The monoisotopic (exact) mass is 233 g/mol. The van der Waals surface area contributed by atoms with E-state index in [-0.39, 0.29) is 5.82 Å². The Balaban J connectivity index is 2.00. The zero-order valence-corrected chi connectivity index (χ0v) is 10.6. The number of hydrogen-bond donors (Lipinski definition) is 0. The molecule has 1 atom stereocenters. The van der Waals surface area contributed by atoms with E-state index in [9.17, 15) is 4.39 Å². The molecule has 0 bridgehead atoms. The van der Waals surface area contributed by atoms with Gasteiger partial charge in [0.2, 0.25) is 0 Å². The summed E-state index contributed by atoms with van der Waals surface area (Å²) >= 11 is 0. The van der Waals surface area contributed by atoms with E-state index in [1.165, 1.54) is 17.6 Å². The van der Waals surface area contributed by atoms with E-state index < -0.39 is 0 Å². The van der Waals surface area contributed by atoms with E-state index in [0.717, 1.165) is 25.6 Å². The predicted octanol–water partition coefficient (Wildman–Crippen LogP) is 3.61. The second-order valence-corrected chi connectivity index (χ2v) is 5.05. The third-order valence-electron chi connectivity index (χ3n) is 3.33. The molecule has 0 amide bonds. The Morgan fingerprint density at radius 3 is 2.71 bits per heavy atom. The van der Waals surface area contributed by atoms with Gasteiger partial charge in [0.1, 0.15) is 5.82 Å². The Kier molecular flexibility index (Phi) is 3.95. The van der Waals surface area contributed by atoms with Gasteiger partial charge in [0, 0.05) is 19.6 Å². The summed E-state index contributed by atoms with van der Waals surface area (Å²) in [6, 6.07) is 6.84. The lowest BCUT2D eigenvalue weighted by atomic mass is 9.95. The standard InChI is InChI=1S/C15H20FN/c1-3-13-8-12(2)9-17(10-13)11-14-4-6-15(16)7-5-14/h3-7,12H,8-11H2,1-2H3/b13-3+. The molecule has 2 heteroatoms. The van der Waals surface area contributed by atoms with Gasteiger partial charge in [-0.1, -0.05) is 30.7 Å². The van der Waals surface area contributed by atoms with E-state index in [4.69, 9.17) is 0 Å². The van der Waals surface area contributed by atoms with Crippen molar-refractivity contribution in [3.8, 4) is 0 Å². The molecule has 0 saturated carbocycles. The summed E-state index contributed by atoms with van der Waals surface area (Å²) in [6.07, 6.45) is 3.45. The number of piperidine rings is 1. The predicted molar refractivity (Wildman–Crippen MR) is 69.2 cm³/mol. The minimum atomic E-state index is -0.157. The Labute approximate surface area is 103 Å². The Hall–Kier alpha value is -1.15. The topological polar surface area (TPSA) is 3.24 Å². The van der Waals surface area contributed by atoms with Crippen molar-refractivity contribution in [1.82, 2.24) is 4.90 Å².